The molecular weight excluding hydrogens is 452 g/mol. The first-order valence-electron chi connectivity index (χ1n) is 7.53. The molecule has 0 spiro atoms. The van der Waals surface area contributed by atoms with Crippen LogP contribution in [0.4, 0.5) is 4.48 Å². The van der Waals surface area contributed by atoms with E-state index < -0.39 is 0 Å². The zero-order valence-electron chi connectivity index (χ0n) is 14.6. The second-order valence-electron chi connectivity index (χ2n) is 5.72. The van der Waals surface area contributed by atoms with E-state index in [4.69, 9.17) is 9.31 Å². The van der Waals surface area contributed by atoms with E-state index in [-0.39, 0.29) is 7.12 Å². The third-order valence-electron chi connectivity index (χ3n) is 3.65. The fraction of sp³-hybridized carbons (Fsp3) is 0.625. The molecule has 0 amide bonds. The number of aryl methyl sites for hydroxylation is 1. The average molecular weight is 479 g/mol. The maximum atomic E-state index is 9.95. The van der Waals surface area contributed by atoms with Crippen molar-refractivity contribution in [3.05, 3.63) is 28.8 Å². The molecule has 0 bridgehead atoms. The number of hydrogen-bond donors (Lipinski definition) is 0. The summed E-state index contributed by atoms with van der Waals surface area (Å²) in [5, 5.41) is 0. The second kappa shape index (κ2) is 11.2. The molecule has 3 nitrogen and oxygen atoms in total. The molecule has 0 aliphatic carbocycles. The molecule has 0 aliphatic rings. The molecule has 0 saturated carbocycles. The van der Waals surface area contributed by atoms with E-state index in [0.717, 1.165) is 6.42 Å². The van der Waals surface area contributed by atoms with Crippen LogP contribution >= 0.6 is 0 Å². The molecular formula is C16H27BFNO2W. The third kappa shape index (κ3) is 6.02. The summed E-state index contributed by atoms with van der Waals surface area (Å²) in [7, 11) is 3.14. The van der Waals surface area contributed by atoms with Crippen LogP contribution in [-0.2, 0) is 35.4 Å². The van der Waals surface area contributed by atoms with E-state index in [1.54, 1.807) is 14.2 Å². The van der Waals surface area contributed by atoms with Crippen molar-refractivity contribution >= 4 is 12.6 Å². The number of benzene rings is 1. The van der Waals surface area contributed by atoms with E-state index in [0.29, 0.717) is 31.5 Å². The zero-order chi connectivity index (χ0) is 17.3. The SMILES string of the molecule is CCc1cc(C(C)C)cc(C(C)C)c1B(OC)OC.F[N]=[W]. The monoisotopic (exact) mass is 479 g/mol. The number of hydrogen-bond acceptors (Lipinski definition) is 3. The zero-order valence-corrected chi connectivity index (χ0v) is 17.6. The Bertz CT molecular complexity index is 466. The Kier molecular flexibility index (Phi) is 11.0. The molecule has 0 aliphatic heterocycles. The van der Waals surface area contributed by atoms with Gasteiger partial charge in [0.05, 0.1) is 0 Å². The first kappa shape index (κ1) is 21.6. The van der Waals surface area contributed by atoms with Gasteiger partial charge in [0.2, 0.25) is 0 Å². The number of rotatable bonds is 6. The molecule has 124 valence electrons. The summed E-state index contributed by atoms with van der Waals surface area (Å²) in [6.07, 6.45) is 0.999. The van der Waals surface area contributed by atoms with Crippen molar-refractivity contribution in [2.45, 2.75) is 52.9 Å². The van der Waals surface area contributed by atoms with Crippen LogP contribution < -0.4 is 5.46 Å². The Morgan fingerprint density at radius 2 is 1.64 bits per heavy atom. The van der Waals surface area contributed by atoms with Crippen LogP contribution in [0.2, 0.25) is 0 Å². The predicted molar refractivity (Wildman–Crippen MR) is 86.9 cm³/mol. The fourth-order valence-corrected chi connectivity index (χ4v) is 2.49. The van der Waals surface area contributed by atoms with E-state index >= 15 is 0 Å². The normalized spacial score (nSPS) is 10.5. The van der Waals surface area contributed by atoms with E-state index in [1.807, 2.05) is 0 Å². The van der Waals surface area contributed by atoms with Crippen LogP contribution in [0.3, 0.4) is 0 Å². The van der Waals surface area contributed by atoms with Crippen molar-refractivity contribution in [2.24, 2.45) is 3.72 Å². The van der Waals surface area contributed by atoms with Crippen LogP contribution in [0.15, 0.2) is 15.9 Å². The molecule has 0 N–H and O–H groups in total. The Morgan fingerprint density at radius 3 is 1.95 bits per heavy atom. The van der Waals surface area contributed by atoms with Gasteiger partial charge in [-0.25, -0.2) is 0 Å². The van der Waals surface area contributed by atoms with Crippen molar-refractivity contribution in [2.75, 3.05) is 14.2 Å². The summed E-state index contributed by atoms with van der Waals surface area (Å²) in [4.78, 5) is 0. The van der Waals surface area contributed by atoms with Crippen LogP contribution in [-0.4, -0.2) is 21.3 Å². The third-order valence-corrected chi connectivity index (χ3v) is 3.65. The summed E-state index contributed by atoms with van der Waals surface area (Å²) in [5.74, 6) is 1.01. The fourth-order valence-electron chi connectivity index (χ4n) is 2.49. The average Bonchev–Trinajstić information content (AvgIpc) is 2.48. The van der Waals surface area contributed by atoms with Crippen molar-refractivity contribution in [1.29, 1.82) is 0 Å². The van der Waals surface area contributed by atoms with Crippen molar-refractivity contribution < 1.29 is 33.4 Å². The summed E-state index contributed by atoms with van der Waals surface area (Å²) in [6, 6.07) is 4.62. The van der Waals surface area contributed by atoms with Gasteiger partial charge in [-0.1, -0.05) is 46.8 Å². The molecule has 0 saturated heterocycles. The van der Waals surface area contributed by atoms with Crippen molar-refractivity contribution in [3.8, 4) is 0 Å². The topological polar surface area (TPSA) is 30.8 Å². The van der Waals surface area contributed by atoms with E-state index in [9.17, 15) is 4.48 Å². The summed E-state index contributed by atoms with van der Waals surface area (Å²) in [5.41, 5.74) is 5.29. The maximum absolute atomic E-state index is 9.95. The summed E-state index contributed by atoms with van der Waals surface area (Å²) in [6.45, 7) is 11.1. The van der Waals surface area contributed by atoms with Crippen LogP contribution in [0, 0.1) is 0 Å². The molecule has 0 fully saturated rings. The van der Waals surface area contributed by atoms with Gasteiger partial charge in [0.15, 0.2) is 0 Å². The Balaban J connectivity index is 0.00000135. The second-order valence-corrected chi connectivity index (χ2v) is 6.21. The van der Waals surface area contributed by atoms with Crippen LogP contribution in [0.1, 0.15) is 63.1 Å². The van der Waals surface area contributed by atoms with Gasteiger partial charge < -0.3 is 9.31 Å². The first-order chi connectivity index (χ1) is 10.4. The summed E-state index contributed by atoms with van der Waals surface area (Å²) < 4.78 is 23.0. The molecule has 0 unspecified atom stereocenters. The molecule has 0 atom stereocenters. The molecule has 22 heavy (non-hydrogen) atoms. The minimum atomic E-state index is -0.270. The number of halogens is 1. The standard InChI is InChI=1S/C16H27BO2.FN.W/c1-8-13-9-14(11(2)3)10-15(12(4)5)16(13)17(18-6)19-7;1-2;/h9-12H,8H2,1-7H3;;. The molecule has 0 heterocycles. The van der Waals surface area contributed by atoms with Crippen LogP contribution in [0.5, 0.6) is 0 Å². The van der Waals surface area contributed by atoms with Crippen molar-refractivity contribution in [3.63, 3.8) is 0 Å². The van der Waals surface area contributed by atoms with Crippen LogP contribution in [0.25, 0.3) is 0 Å². The molecule has 0 aromatic heterocycles. The molecule has 6 heteroatoms. The minimum absolute atomic E-state index is 0.270. The van der Waals surface area contributed by atoms with Gasteiger partial charge >= 0.3 is 34.9 Å². The van der Waals surface area contributed by atoms with Crippen molar-refractivity contribution in [1.82, 2.24) is 0 Å². The van der Waals surface area contributed by atoms with Gasteiger partial charge in [0.1, 0.15) is 0 Å². The van der Waals surface area contributed by atoms with Gasteiger partial charge in [-0.05, 0) is 40.4 Å². The number of nitrogens with zero attached hydrogens (tertiary/aromatic N) is 1. The quantitative estimate of drug-likeness (QED) is 0.577. The summed E-state index contributed by atoms with van der Waals surface area (Å²) >= 11 is 0.630. The van der Waals surface area contributed by atoms with E-state index in [1.165, 1.54) is 22.2 Å². The van der Waals surface area contributed by atoms with E-state index in [2.05, 4.69) is 50.5 Å². The Labute approximate surface area is 145 Å². The van der Waals surface area contributed by atoms with Gasteiger partial charge in [-0.2, -0.15) is 0 Å². The molecule has 1 aromatic carbocycles. The predicted octanol–water partition coefficient (Wildman–Crippen LogP) is 4.09. The molecule has 1 aromatic rings. The molecule has 0 radical (unpaired) electrons. The Morgan fingerprint density at radius 1 is 1.14 bits per heavy atom. The first-order valence-corrected chi connectivity index (χ1v) is 8.84. The van der Waals surface area contributed by atoms with Gasteiger partial charge in [-0.15, -0.1) is 0 Å². The van der Waals surface area contributed by atoms with Gasteiger partial charge in [0.25, 0.3) is 0 Å². The Hall–Kier alpha value is -0.377. The van der Waals surface area contributed by atoms with Gasteiger partial charge in [-0.3, -0.25) is 0 Å². The molecule has 1 rings (SSSR count). The van der Waals surface area contributed by atoms with Gasteiger partial charge in [0, 0.05) is 14.2 Å².